The predicted octanol–water partition coefficient (Wildman–Crippen LogP) is 3.03. The Kier molecular flexibility index (Phi) is 6.21. The van der Waals surface area contributed by atoms with Crippen molar-refractivity contribution in [1.82, 2.24) is 5.32 Å². The van der Waals surface area contributed by atoms with Gasteiger partial charge in [0.15, 0.2) is 0 Å². The molecular formula is C16H24N2O3. The fourth-order valence-electron chi connectivity index (χ4n) is 2.06. The van der Waals surface area contributed by atoms with Crippen molar-refractivity contribution < 1.29 is 14.7 Å². The van der Waals surface area contributed by atoms with Crippen LogP contribution in [0.15, 0.2) is 24.3 Å². The number of amides is 2. The molecule has 2 N–H and O–H groups in total. The van der Waals surface area contributed by atoms with Crippen molar-refractivity contribution in [3.63, 3.8) is 0 Å². The van der Waals surface area contributed by atoms with Crippen molar-refractivity contribution >= 4 is 17.7 Å². The summed E-state index contributed by atoms with van der Waals surface area (Å²) in [7, 11) is 0. The van der Waals surface area contributed by atoms with Crippen LogP contribution in [0.5, 0.6) is 0 Å². The molecular weight excluding hydrogens is 268 g/mol. The minimum Gasteiger partial charge on any atom is -0.480 e. The van der Waals surface area contributed by atoms with Gasteiger partial charge in [0.2, 0.25) is 0 Å². The first-order chi connectivity index (χ1) is 9.90. The summed E-state index contributed by atoms with van der Waals surface area (Å²) < 4.78 is 0. The zero-order valence-electron chi connectivity index (χ0n) is 13.1. The van der Waals surface area contributed by atoms with Gasteiger partial charge in [-0.05, 0) is 31.9 Å². The molecule has 0 fully saturated rings. The first-order valence-electron chi connectivity index (χ1n) is 7.28. The zero-order chi connectivity index (χ0) is 16.0. The van der Waals surface area contributed by atoms with Gasteiger partial charge in [0.25, 0.3) is 0 Å². The Morgan fingerprint density at radius 3 is 2.24 bits per heavy atom. The lowest BCUT2D eigenvalue weighted by atomic mass is 9.99. The fourth-order valence-corrected chi connectivity index (χ4v) is 2.06. The van der Waals surface area contributed by atoms with E-state index in [0.29, 0.717) is 13.0 Å². The van der Waals surface area contributed by atoms with Crippen molar-refractivity contribution in [3.8, 4) is 0 Å². The fraction of sp³-hybridized carbons (Fsp3) is 0.500. The SMILES string of the molecule is CCC(C)C(NC(=O)N(CC)c1ccc(C)cc1)C(=O)O. The third-order valence-electron chi connectivity index (χ3n) is 3.67. The molecule has 21 heavy (non-hydrogen) atoms. The highest BCUT2D eigenvalue weighted by molar-refractivity contribution is 5.94. The number of anilines is 1. The van der Waals surface area contributed by atoms with Gasteiger partial charge in [-0.2, -0.15) is 0 Å². The van der Waals surface area contributed by atoms with E-state index in [-0.39, 0.29) is 11.9 Å². The largest absolute Gasteiger partial charge is 0.480 e. The van der Waals surface area contributed by atoms with Crippen LogP contribution in [0.25, 0.3) is 0 Å². The molecule has 0 saturated carbocycles. The van der Waals surface area contributed by atoms with Gasteiger partial charge >= 0.3 is 12.0 Å². The Morgan fingerprint density at radius 2 is 1.81 bits per heavy atom. The van der Waals surface area contributed by atoms with Crippen LogP contribution in [-0.2, 0) is 4.79 Å². The van der Waals surface area contributed by atoms with E-state index < -0.39 is 12.0 Å². The molecule has 0 heterocycles. The van der Waals surface area contributed by atoms with Crippen LogP contribution in [0.4, 0.5) is 10.5 Å². The van der Waals surface area contributed by atoms with E-state index in [1.807, 2.05) is 52.0 Å². The predicted molar refractivity (Wildman–Crippen MR) is 83.6 cm³/mol. The normalized spacial score (nSPS) is 13.3. The number of carboxylic acids is 1. The summed E-state index contributed by atoms with van der Waals surface area (Å²) in [5.41, 5.74) is 1.87. The summed E-state index contributed by atoms with van der Waals surface area (Å²) in [5.74, 6) is -1.12. The third-order valence-corrected chi connectivity index (χ3v) is 3.67. The van der Waals surface area contributed by atoms with Gasteiger partial charge < -0.3 is 10.4 Å². The number of aryl methyl sites for hydroxylation is 1. The minimum atomic E-state index is -1.00. The smallest absolute Gasteiger partial charge is 0.326 e. The average molecular weight is 292 g/mol. The van der Waals surface area contributed by atoms with Gasteiger partial charge in [-0.3, -0.25) is 4.90 Å². The van der Waals surface area contributed by atoms with E-state index >= 15 is 0 Å². The van der Waals surface area contributed by atoms with E-state index in [1.54, 1.807) is 0 Å². The van der Waals surface area contributed by atoms with Crippen LogP contribution in [0.3, 0.4) is 0 Å². The summed E-state index contributed by atoms with van der Waals surface area (Å²) in [6, 6.07) is 6.31. The monoisotopic (exact) mass is 292 g/mol. The molecule has 2 unspecified atom stereocenters. The summed E-state index contributed by atoms with van der Waals surface area (Å²) in [5, 5.41) is 11.9. The number of carbonyl (C=O) groups is 2. The van der Waals surface area contributed by atoms with Crippen LogP contribution >= 0.6 is 0 Å². The molecule has 5 heteroatoms. The second-order valence-corrected chi connectivity index (χ2v) is 5.23. The topological polar surface area (TPSA) is 69.6 Å². The van der Waals surface area contributed by atoms with Gasteiger partial charge in [-0.1, -0.05) is 38.0 Å². The molecule has 0 bridgehead atoms. The maximum Gasteiger partial charge on any atom is 0.326 e. The maximum atomic E-state index is 12.3. The summed E-state index contributed by atoms with van der Waals surface area (Å²) >= 11 is 0. The highest BCUT2D eigenvalue weighted by atomic mass is 16.4. The molecule has 1 aromatic carbocycles. The van der Waals surface area contributed by atoms with Gasteiger partial charge in [-0.15, -0.1) is 0 Å². The van der Waals surface area contributed by atoms with E-state index in [2.05, 4.69) is 5.32 Å². The lowest BCUT2D eigenvalue weighted by Crippen LogP contribution is -2.50. The Bertz CT molecular complexity index is 485. The molecule has 0 aromatic heterocycles. The first kappa shape index (κ1) is 17.0. The van der Waals surface area contributed by atoms with Gasteiger partial charge in [0, 0.05) is 12.2 Å². The third kappa shape index (κ3) is 4.48. The zero-order valence-corrected chi connectivity index (χ0v) is 13.1. The van der Waals surface area contributed by atoms with Crippen LogP contribution in [0, 0.1) is 12.8 Å². The number of hydrogen-bond acceptors (Lipinski definition) is 2. The highest BCUT2D eigenvalue weighted by Gasteiger charge is 2.27. The Balaban J connectivity index is 2.88. The Labute approximate surface area is 126 Å². The number of rotatable bonds is 6. The standard InChI is InChI=1S/C16H24N2O3/c1-5-12(4)14(15(19)20)17-16(21)18(6-2)13-9-7-11(3)8-10-13/h7-10,12,14H,5-6H2,1-4H3,(H,17,21)(H,19,20). The van der Waals surface area contributed by atoms with Crippen LogP contribution in [0.2, 0.25) is 0 Å². The number of aliphatic carboxylic acids is 1. The highest BCUT2D eigenvalue weighted by Crippen LogP contribution is 2.16. The lowest BCUT2D eigenvalue weighted by Gasteiger charge is -2.26. The van der Waals surface area contributed by atoms with Gasteiger partial charge in [0.1, 0.15) is 6.04 Å². The van der Waals surface area contributed by atoms with E-state index in [1.165, 1.54) is 4.90 Å². The Morgan fingerprint density at radius 1 is 1.24 bits per heavy atom. The average Bonchev–Trinajstić information content (AvgIpc) is 2.46. The van der Waals surface area contributed by atoms with Crippen LogP contribution < -0.4 is 10.2 Å². The number of carbonyl (C=O) groups excluding carboxylic acids is 1. The molecule has 2 amide bonds. The number of carboxylic acid groups (broad SMARTS) is 1. The molecule has 0 aliphatic heterocycles. The molecule has 116 valence electrons. The molecule has 0 aliphatic rings. The van der Waals surface area contributed by atoms with Gasteiger partial charge in [-0.25, -0.2) is 9.59 Å². The molecule has 1 aromatic rings. The molecule has 0 radical (unpaired) electrons. The Hall–Kier alpha value is -2.04. The molecule has 1 rings (SSSR count). The van der Waals surface area contributed by atoms with E-state index in [0.717, 1.165) is 11.3 Å². The van der Waals surface area contributed by atoms with Gasteiger partial charge in [0.05, 0.1) is 0 Å². The van der Waals surface area contributed by atoms with Crippen LogP contribution in [0.1, 0.15) is 32.8 Å². The molecule has 5 nitrogen and oxygen atoms in total. The number of urea groups is 1. The van der Waals surface area contributed by atoms with Crippen molar-refractivity contribution in [2.45, 2.75) is 40.2 Å². The number of nitrogens with zero attached hydrogens (tertiary/aromatic N) is 1. The molecule has 0 spiro atoms. The van der Waals surface area contributed by atoms with Crippen LogP contribution in [-0.4, -0.2) is 29.7 Å². The molecule has 0 aliphatic carbocycles. The second kappa shape index (κ2) is 7.67. The van der Waals surface area contributed by atoms with E-state index in [4.69, 9.17) is 0 Å². The summed E-state index contributed by atoms with van der Waals surface area (Å²) in [6.07, 6.45) is 0.688. The van der Waals surface area contributed by atoms with E-state index in [9.17, 15) is 14.7 Å². The number of nitrogens with one attached hydrogen (secondary N) is 1. The minimum absolute atomic E-state index is 0.122. The second-order valence-electron chi connectivity index (χ2n) is 5.23. The summed E-state index contributed by atoms with van der Waals surface area (Å²) in [4.78, 5) is 25.2. The quantitative estimate of drug-likeness (QED) is 0.846. The maximum absolute atomic E-state index is 12.3. The first-order valence-corrected chi connectivity index (χ1v) is 7.28. The lowest BCUT2D eigenvalue weighted by molar-refractivity contribution is -0.140. The molecule has 0 saturated heterocycles. The van der Waals surface area contributed by atoms with Crippen molar-refractivity contribution in [2.24, 2.45) is 5.92 Å². The molecule has 2 atom stereocenters. The van der Waals surface area contributed by atoms with Crippen molar-refractivity contribution in [3.05, 3.63) is 29.8 Å². The van der Waals surface area contributed by atoms with Crippen molar-refractivity contribution in [1.29, 1.82) is 0 Å². The summed E-state index contributed by atoms with van der Waals surface area (Å²) in [6.45, 7) is 8.04. The number of hydrogen-bond donors (Lipinski definition) is 2. The van der Waals surface area contributed by atoms with Crippen molar-refractivity contribution in [2.75, 3.05) is 11.4 Å². The number of benzene rings is 1.